The van der Waals surface area contributed by atoms with E-state index in [1.54, 1.807) is 19.2 Å². The quantitative estimate of drug-likeness (QED) is 0.585. The molecule has 1 atom stereocenters. The number of rotatable bonds is 6. The first-order valence-corrected chi connectivity index (χ1v) is 8.52. The van der Waals surface area contributed by atoms with Gasteiger partial charge in [-0.3, -0.25) is 15.0 Å². The monoisotopic (exact) mass is 335 g/mol. The van der Waals surface area contributed by atoms with E-state index in [0.717, 1.165) is 50.6 Å². The fraction of sp³-hybridized carbons (Fsp3) is 0.647. The largest absolute Gasteiger partial charge is 0.380 e. The van der Waals surface area contributed by atoms with Crippen LogP contribution < -0.4 is 4.90 Å². The third kappa shape index (κ3) is 4.03. The summed E-state index contributed by atoms with van der Waals surface area (Å²) in [6.07, 6.45) is 2.73. The van der Waals surface area contributed by atoms with Gasteiger partial charge >= 0.3 is 0 Å². The summed E-state index contributed by atoms with van der Waals surface area (Å²) in [4.78, 5) is 15.4. The van der Waals surface area contributed by atoms with Gasteiger partial charge < -0.3 is 14.4 Å². The highest BCUT2D eigenvalue weighted by Crippen LogP contribution is 2.27. The molecule has 0 saturated carbocycles. The predicted molar refractivity (Wildman–Crippen MR) is 91.4 cm³/mol. The fourth-order valence-corrected chi connectivity index (χ4v) is 3.51. The number of anilines is 1. The van der Waals surface area contributed by atoms with Gasteiger partial charge in [0.15, 0.2) is 0 Å². The van der Waals surface area contributed by atoms with E-state index in [1.807, 2.05) is 6.07 Å². The van der Waals surface area contributed by atoms with Gasteiger partial charge in [0.05, 0.1) is 17.6 Å². The van der Waals surface area contributed by atoms with Crippen LogP contribution in [0.2, 0.25) is 0 Å². The Morgan fingerprint density at radius 1 is 1.33 bits per heavy atom. The highest BCUT2D eigenvalue weighted by atomic mass is 16.6. The van der Waals surface area contributed by atoms with Gasteiger partial charge in [-0.1, -0.05) is 0 Å². The maximum Gasteiger partial charge on any atom is 0.269 e. The molecule has 132 valence electrons. The Hall–Kier alpha value is -1.70. The minimum Gasteiger partial charge on any atom is -0.380 e. The molecular formula is C17H25N3O4. The van der Waals surface area contributed by atoms with Gasteiger partial charge in [0.25, 0.3) is 5.69 Å². The van der Waals surface area contributed by atoms with Crippen molar-refractivity contribution in [2.45, 2.75) is 25.6 Å². The zero-order chi connectivity index (χ0) is 16.9. The summed E-state index contributed by atoms with van der Waals surface area (Å²) < 4.78 is 10.9. The lowest BCUT2D eigenvalue weighted by atomic mass is 10.1. The first kappa shape index (κ1) is 17.1. The van der Waals surface area contributed by atoms with Gasteiger partial charge in [0.2, 0.25) is 0 Å². The number of ether oxygens (including phenoxy) is 2. The first-order chi connectivity index (χ1) is 11.7. The van der Waals surface area contributed by atoms with E-state index < -0.39 is 0 Å². The molecule has 1 aromatic carbocycles. The van der Waals surface area contributed by atoms with Crippen LogP contribution in [-0.4, -0.2) is 62.4 Å². The lowest BCUT2D eigenvalue weighted by molar-refractivity contribution is -0.384. The standard InChI is InChI=1S/C17H25N3O4/c1-23-13-14-11-15(20(21)22)4-5-17(14)19-8-6-18(7-9-19)12-16-3-2-10-24-16/h4-5,11,16H,2-3,6-10,12-13H2,1H3. The Morgan fingerprint density at radius 3 is 2.75 bits per heavy atom. The van der Waals surface area contributed by atoms with Gasteiger partial charge in [-0.25, -0.2) is 0 Å². The number of methoxy groups -OCH3 is 1. The molecule has 0 radical (unpaired) electrons. The summed E-state index contributed by atoms with van der Waals surface area (Å²) >= 11 is 0. The molecule has 7 heteroatoms. The molecule has 24 heavy (non-hydrogen) atoms. The van der Waals surface area contributed by atoms with Crippen LogP contribution in [0.4, 0.5) is 11.4 Å². The van der Waals surface area contributed by atoms with Crippen LogP contribution in [0.3, 0.4) is 0 Å². The SMILES string of the molecule is COCc1cc([N+](=O)[O-])ccc1N1CCN(CC2CCCO2)CC1. The van der Waals surface area contributed by atoms with E-state index in [4.69, 9.17) is 9.47 Å². The zero-order valence-corrected chi connectivity index (χ0v) is 14.1. The summed E-state index contributed by atoms with van der Waals surface area (Å²) in [6.45, 7) is 6.11. The molecule has 2 fully saturated rings. The summed E-state index contributed by atoms with van der Waals surface area (Å²) in [5, 5.41) is 11.0. The highest BCUT2D eigenvalue weighted by Gasteiger charge is 2.24. The van der Waals surface area contributed by atoms with Crippen LogP contribution in [0.5, 0.6) is 0 Å². The molecule has 1 aromatic rings. The van der Waals surface area contributed by atoms with Gasteiger partial charge in [-0.05, 0) is 18.9 Å². The molecule has 2 heterocycles. The molecule has 0 spiro atoms. The van der Waals surface area contributed by atoms with Crippen LogP contribution in [0.15, 0.2) is 18.2 Å². The Balaban J connectivity index is 1.63. The molecule has 0 aliphatic carbocycles. The Morgan fingerprint density at radius 2 is 2.12 bits per heavy atom. The normalized spacial score (nSPS) is 22.0. The van der Waals surface area contributed by atoms with E-state index in [1.165, 1.54) is 12.8 Å². The van der Waals surface area contributed by atoms with Crippen molar-refractivity contribution in [1.29, 1.82) is 0 Å². The van der Waals surface area contributed by atoms with Gasteiger partial charge in [0, 0.05) is 69.8 Å². The number of hydrogen-bond donors (Lipinski definition) is 0. The maximum absolute atomic E-state index is 11.0. The number of nitrogens with zero attached hydrogens (tertiary/aromatic N) is 3. The average molecular weight is 335 g/mol. The lowest BCUT2D eigenvalue weighted by Crippen LogP contribution is -2.48. The number of non-ortho nitro benzene ring substituents is 1. The second-order valence-electron chi connectivity index (χ2n) is 6.43. The van der Waals surface area contributed by atoms with Gasteiger partial charge in [0.1, 0.15) is 0 Å². The van der Waals surface area contributed by atoms with Gasteiger partial charge in [-0.2, -0.15) is 0 Å². The van der Waals surface area contributed by atoms with E-state index in [-0.39, 0.29) is 10.6 Å². The van der Waals surface area contributed by atoms with Crippen molar-refractivity contribution in [3.8, 4) is 0 Å². The molecule has 0 aromatic heterocycles. The van der Waals surface area contributed by atoms with Crippen molar-refractivity contribution in [1.82, 2.24) is 4.90 Å². The van der Waals surface area contributed by atoms with Gasteiger partial charge in [-0.15, -0.1) is 0 Å². The Kier molecular flexibility index (Phi) is 5.65. The highest BCUT2D eigenvalue weighted by molar-refractivity contribution is 5.58. The van der Waals surface area contributed by atoms with Crippen molar-refractivity contribution in [2.75, 3.05) is 51.3 Å². The van der Waals surface area contributed by atoms with E-state index >= 15 is 0 Å². The zero-order valence-electron chi connectivity index (χ0n) is 14.1. The minimum absolute atomic E-state index is 0.114. The minimum atomic E-state index is -0.359. The molecule has 0 bridgehead atoms. The van der Waals surface area contributed by atoms with Crippen molar-refractivity contribution in [3.05, 3.63) is 33.9 Å². The molecule has 3 rings (SSSR count). The summed E-state index contributed by atoms with van der Waals surface area (Å²) in [7, 11) is 1.61. The van der Waals surface area contributed by atoms with E-state index in [2.05, 4.69) is 9.80 Å². The number of nitro groups is 1. The number of piperazine rings is 1. The van der Waals surface area contributed by atoms with Crippen LogP contribution >= 0.6 is 0 Å². The molecule has 7 nitrogen and oxygen atoms in total. The number of nitro benzene ring substituents is 1. The first-order valence-electron chi connectivity index (χ1n) is 8.52. The topological polar surface area (TPSA) is 68.1 Å². The number of hydrogen-bond acceptors (Lipinski definition) is 6. The molecule has 0 N–H and O–H groups in total. The lowest BCUT2D eigenvalue weighted by Gasteiger charge is -2.37. The smallest absolute Gasteiger partial charge is 0.269 e. The molecule has 1 unspecified atom stereocenters. The maximum atomic E-state index is 11.0. The summed E-state index contributed by atoms with van der Waals surface area (Å²) in [5.74, 6) is 0. The van der Waals surface area contributed by atoms with Crippen molar-refractivity contribution < 1.29 is 14.4 Å². The fourth-order valence-electron chi connectivity index (χ4n) is 3.51. The number of benzene rings is 1. The van der Waals surface area contributed by atoms with Crippen LogP contribution in [0.25, 0.3) is 0 Å². The Labute approximate surface area is 142 Å². The molecular weight excluding hydrogens is 310 g/mol. The Bertz CT molecular complexity index is 567. The summed E-state index contributed by atoms with van der Waals surface area (Å²) in [6, 6.07) is 5.05. The van der Waals surface area contributed by atoms with Crippen molar-refractivity contribution >= 4 is 11.4 Å². The van der Waals surface area contributed by atoms with E-state index in [0.29, 0.717) is 12.7 Å². The molecule has 0 amide bonds. The van der Waals surface area contributed by atoms with Crippen molar-refractivity contribution in [3.63, 3.8) is 0 Å². The second kappa shape index (κ2) is 7.92. The van der Waals surface area contributed by atoms with Crippen LogP contribution in [0, 0.1) is 10.1 Å². The third-order valence-electron chi connectivity index (χ3n) is 4.77. The van der Waals surface area contributed by atoms with Crippen molar-refractivity contribution in [2.24, 2.45) is 0 Å². The second-order valence-corrected chi connectivity index (χ2v) is 6.43. The van der Waals surface area contributed by atoms with E-state index in [9.17, 15) is 10.1 Å². The predicted octanol–water partition coefficient (Wildman–Crippen LogP) is 2.04. The average Bonchev–Trinajstić information content (AvgIpc) is 3.09. The third-order valence-corrected chi connectivity index (χ3v) is 4.77. The molecule has 2 aliphatic rings. The summed E-state index contributed by atoms with van der Waals surface area (Å²) in [5.41, 5.74) is 2.03. The van der Waals surface area contributed by atoms with Crippen LogP contribution in [-0.2, 0) is 16.1 Å². The van der Waals surface area contributed by atoms with Crippen LogP contribution in [0.1, 0.15) is 18.4 Å². The molecule has 2 aliphatic heterocycles. The molecule has 2 saturated heterocycles.